The van der Waals surface area contributed by atoms with E-state index in [1.807, 2.05) is 6.08 Å². The molecule has 0 aliphatic heterocycles. The molecule has 0 aliphatic carbocycles. The Morgan fingerprint density at radius 2 is 1.80 bits per heavy atom. The molecule has 0 N–H and O–H groups in total. The Bertz CT molecular complexity index is 155. The fraction of sp³-hybridized carbons (Fsp3) is 0.400. The van der Waals surface area contributed by atoms with Gasteiger partial charge in [-0.3, -0.25) is 0 Å². The molecule has 0 aromatic heterocycles. The maximum Gasteiger partial charge on any atom is -0.0141 e. The molecule has 0 radical (unpaired) electrons. The van der Waals surface area contributed by atoms with E-state index in [0.717, 1.165) is 6.42 Å². The second-order valence-electron chi connectivity index (χ2n) is 2.75. The van der Waals surface area contributed by atoms with Crippen LogP contribution in [0.15, 0.2) is 36.0 Å². The normalized spacial score (nSPS) is 10.9. The van der Waals surface area contributed by atoms with E-state index in [9.17, 15) is 0 Å². The molecule has 0 spiro atoms. The van der Waals surface area contributed by atoms with E-state index in [1.54, 1.807) is 0 Å². The van der Waals surface area contributed by atoms with E-state index in [0.29, 0.717) is 0 Å². The van der Waals surface area contributed by atoms with Crippen molar-refractivity contribution in [2.45, 2.75) is 27.2 Å². The topological polar surface area (TPSA) is 0 Å². The minimum atomic E-state index is 0.990. The van der Waals surface area contributed by atoms with Crippen molar-refractivity contribution in [1.82, 2.24) is 0 Å². The lowest BCUT2D eigenvalue weighted by Crippen LogP contribution is -1.70. The molecule has 0 nitrogen and oxygen atoms in total. The molecule has 0 saturated carbocycles. The molecule has 0 heterocycles. The predicted octanol–water partition coefficient (Wildman–Crippen LogP) is 3.48. The van der Waals surface area contributed by atoms with Crippen molar-refractivity contribution < 1.29 is 0 Å². The van der Waals surface area contributed by atoms with Gasteiger partial charge in [0.05, 0.1) is 0 Å². The summed E-state index contributed by atoms with van der Waals surface area (Å²) in [7, 11) is 0. The molecule has 0 unspecified atom stereocenters. The molecular weight excluding hydrogens is 120 g/mol. The van der Waals surface area contributed by atoms with Gasteiger partial charge in [-0.2, -0.15) is 0 Å². The summed E-state index contributed by atoms with van der Waals surface area (Å²) in [6.45, 7) is 9.97. The summed E-state index contributed by atoms with van der Waals surface area (Å²) in [4.78, 5) is 0. The van der Waals surface area contributed by atoms with Crippen LogP contribution in [-0.2, 0) is 0 Å². The molecular formula is C10H16. The van der Waals surface area contributed by atoms with Crippen LogP contribution in [0.5, 0.6) is 0 Å². The van der Waals surface area contributed by atoms with Crippen LogP contribution in [0.4, 0.5) is 0 Å². The smallest absolute Gasteiger partial charge is 0.0141 e. The summed E-state index contributed by atoms with van der Waals surface area (Å²) in [5, 5.41) is 0. The first-order valence-electron chi connectivity index (χ1n) is 3.58. The van der Waals surface area contributed by atoms with Crippen molar-refractivity contribution in [3.63, 3.8) is 0 Å². The van der Waals surface area contributed by atoms with Crippen molar-refractivity contribution in [2.24, 2.45) is 0 Å². The molecule has 0 atom stereocenters. The molecule has 0 bridgehead atoms. The quantitative estimate of drug-likeness (QED) is 0.411. The Balaban J connectivity index is 3.91. The van der Waals surface area contributed by atoms with Crippen molar-refractivity contribution in [3.8, 4) is 0 Å². The molecule has 0 aliphatic rings. The summed E-state index contributed by atoms with van der Waals surface area (Å²) in [5.74, 6) is 0. The summed E-state index contributed by atoms with van der Waals surface area (Å²) >= 11 is 0. The second-order valence-corrected chi connectivity index (χ2v) is 2.75. The predicted molar refractivity (Wildman–Crippen MR) is 48.0 cm³/mol. The van der Waals surface area contributed by atoms with Gasteiger partial charge >= 0.3 is 0 Å². The summed E-state index contributed by atoms with van der Waals surface area (Å²) in [6.07, 6.45) is 7.17. The molecule has 10 heavy (non-hydrogen) atoms. The van der Waals surface area contributed by atoms with E-state index in [1.165, 1.54) is 11.1 Å². The van der Waals surface area contributed by atoms with Gasteiger partial charge < -0.3 is 0 Å². The minimum absolute atomic E-state index is 0.990. The lowest BCUT2D eigenvalue weighted by molar-refractivity contribution is 1.21. The first-order valence-corrected chi connectivity index (χ1v) is 3.58. The van der Waals surface area contributed by atoms with Gasteiger partial charge in [0.25, 0.3) is 0 Å². The van der Waals surface area contributed by atoms with Gasteiger partial charge in [0.2, 0.25) is 0 Å². The molecule has 56 valence electrons. The SMILES string of the molecule is C=CC/C(C)=C/C=C(C)C. The van der Waals surface area contributed by atoms with Gasteiger partial charge in [-0.25, -0.2) is 0 Å². The van der Waals surface area contributed by atoms with Gasteiger partial charge in [0, 0.05) is 0 Å². The third-order valence-electron chi connectivity index (χ3n) is 1.17. The molecule has 0 amide bonds. The highest BCUT2D eigenvalue weighted by Crippen LogP contribution is 2.01. The first kappa shape index (κ1) is 9.22. The van der Waals surface area contributed by atoms with Crippen molar-refractivity contribution in [2.75, 3.05) is 0 Å². The fourth-order valence-electron chi connectivity index (χ4n) is 0.605. The zero-order valence-corrected chi connectivity index (χ0v) is 7.15. The van der Waals surface area contributed by atoms with Gasteiger partial charge in [-0.1, -0.05) is 29.4 Å². The highest BCUT2D eigenvalue weighted by Gasteiger charge is 1.80. The lowest BCUT2D eigenvalue weighted by atomic mass is 10.2. The van der Waals surface area contributed by atoms with E-state index >= 15 is 0 Å². The van der Waals surface area contributed by atoms with Gasteiger partial charge in [-0.05, 0) is 27.2 Å². The zero-order chi connectivity index (χ0) is 7.98. The standard InChI is InChI=1S/C10H16/c1-5-6-10(4)8-7-9(2)3/h5,7-8H,1,6H2,2-4H3/b10-8+. The van der Waals surface area contributed by atoms with Gasteiger partial charge in [0.1, 0.15) is 0 Å². The number of hydrogen-bond donors (Lipinski definition) is 0. The maximum atomic E-state index is 3.67. The van der Waals surface area contributed by atoms with Gasteiger partial charge in [-0.15, -0.1) is 6.58 Å². The van der Waals surface area contributed by atoms with Crippen LogP contribution in [0.25, 0.3) is 0 Å². The van der Waals surface area contributed by atoms with Crippen molar-refractivity contribution >= 4 is 0 Å². The third kappa shape index (κ3) is 5.36. The van der Waals surface area contributed by atoms with E-state index < -0.39 is 0 Å². The lowest BCUT2D eigenvalue weighted by Gasteiger charge is -1.91. The molecule has 0 fully saturated rings. The summed E-state index contributed by atoms with van der Waals surface area (Å²) < 4.78 is 0. The average Bonchev–Trinajstić information content (AvgIpc) is 1.85. The average molecular weight is 136 g/mol. The largest absolute Gasteiger partial charge is 0.103 e. The van der Waals surface area contributed by atoms with Crippen LogP contribution in [0.3, 0.4) is 0 Å². The van der Waals surface area contributed by atoms with Crippen LogP contribution in [0, 0.1) is 0 Å². The monoisotopic (exact) mass is 136 g/mol. The molecule has 0 saturated heterocycles. The Labute approximate surface area is 64.0 Å². The number of hydrogen-bond acceptors (Lipinski definition) is 0. The molecule has 0 aromatic carbocycles. The highest BCUT2D eigenvalue weighted by molar-refractivity contribution is 5.15. The highest BCUT2D eigenvalue weighted by atomic mass is 13.9. The van der Waals surface area contributed by atoms with E-state index in [-0.39, 0.29) is 0 Å². The fourth-order valence-corrected chi connectivity index (χ4v) is 0.605. The molecule has 0 heteroatoms. The van der Waals surface area contributed by atoms with Crippen LogP contribution in [0.2, 0.25) is 0 Å². The van der Waals surface area contributed by atoms with Crippen LogP contribution in [0.1, 0.15) is 27.2 Å². The Morgan fingerprint density at radius 1 is 1.20 bits per heavy atom. The van der Waals surface area contributed by atoms with Gasteiger partial charge in [0.15, 0.2) is 0 Å². The number of allylic oxidation sites excluding steroid dienone is 5. The maximum absolute atomic E-state index is 3.67. The second kappa shape index (κ2) is 5.04. The summed E-state index contributed by atoms with van der Waals surface area (Å²) in [6, 6.07) is 0. The Kier molecular flexibility index (Phi) is 4.65. The molecule has 0 aromatic rings. The van der Waals surface area contributed by atoms with E-state index in [2.05, 4.69) is 39.5 Å². The Hall–Kier alpha value is -0.780. The zero-order valence-electron chi connectivity index (χ0n) is 7.15. The minimum Gasteiger partial charge on any atom is -0.103 e. The molecule has 0 rings (SSSR count). The Morgan fingerprint density at radius 3 is 2.20 bits per heavy atom. The number of rotatable bonds is 3. The summed E-state index contributed by atoms with van der Waals surface area (Å²) in [5.41, 5.74) is 2.69. The van der Waals surface area contributed by atoms with E-state index in [4.69, 9.17) is 0 Å². The third-order valence-corrected chi connectivity index (χ3v) is 1.17. The van der Waals surface area contributed by atoms with Crippen LogP contribution < -0.4 is 0 Å². The van der Waals surface area contributed by atoms with Crippen LogP contribution in [-0.4, -0.2) is 0 Å². The van der Waals surface area contributed by atoms with Crippen molar-refractivity contribution in [3.05, 3.63) is 36.0 Å². The first-order chi connectivity index (χ1) is 4.66. The van der Waals surface area contributed by atoms with Crippen LogP contribution >= 0.6 is 0 Å². The van der Waals surface area contributed by atoms with Crippen molar-refractivity contribution in [1.29, 1.82) is 0 Å².